The second-order valence-electron chi connectivity index (χ2n) is 6.85. The summed E-state index contributed by atoms with van der Waals surface area (Å²) in [7, 11) is -3.90. The molecule has 0 bridgehead atoms. The largest absolute Gasteiger partial charge is 0.342 e. The fourth-order valence-corrected chi connectivity index (χ4v) is 4.70. The third-order valence-electron chi connectivity index (χ3n) is 4.66. The zero-order valence-electron chi connectivity index (χ0n) is 15.9. The van der Waals surface area contributed by atoms with Crippen molar-refractivity contribution >= 4 is 44.8 Å². The van der Waals surface area contributed by atoms with E-state index in [1.54, 1.807) is 48.2 Å². The van der Waals surface area contributed by atoms with E-state index in [0.717, 1.165) is 6.42 Å². The maximum absolute atomic E-state index is 12.8. The minimum absolute atomic E-state index is 0.0462. The fourth-order valence-electron chi connectivity index (χ4n) is 3.11. The molecule has 0 radical (unpaired) electrons. The molecule has 1 fully saturated rings. The monoisotopic (exact) mass is 435 g/mol. The number of nitrogens with zero attached hydrogens (tertiary/aromatic N) is 1. The van der Waals surface area contributed by atoms with Gasteiger partial charge in [-0.1, -0.05) is 29.8 Å². The minimum atomic E-state index is -3.90. The molecular weight excluding hydrogens is 414 g/mol. The third-order valence-corrected chi connectivity index (χ3v) is 6.50. The van der Waals surface area contributed by atoms with E-state index >= 15 is 0 Å². The van der Waals surface area contributed by atoms with Crippen molar-refractivity contribution in [1.82, 2.24) is 4.90 Å². The van der Waals surface area contributed by atoms with Crippen LogP contribution in [0, 0.1) is 6.92 Å². The second kappa shape index (κ2) is 8.84. The average molecular weight is 436 g/mol. The second-order valence-corrected chi connectivity index (χ2v) is 8.91. The lowest BCUT2D eigenvalue weighted by atomic mass is 10.2. The standard InChI is InChI=1S/C20H22ClN3O4S/c1-14-8-9-15(22-19(25)10-12-24-11-4-7-20(24)26)13-18(14)29(27,28)23-17-6-3-2-5-16(17)21/h2-3,5-6,8-9,13,23H,4,7,10-12H2,1H3,(H,22,25). The van der Waals surface area contributed by atoms with Crippen molar-refractivity contribution in [2.45, 2.75) is 31.1 Å². The van der Waals surface area contributed by atoms with E-state index in [-0.39, 0.29) is 33.8 Å². The van der Waals surface area contributed by atoms with Crippen LogP contribution in [0.1, 0.15) is 24.8 Å². The normalized spacial score (nSPS) is 14.1. The molecule has 2 aromatic carbocycles. The molecule has 154 valence electrons. The third kappa shape index (κ3) is 5.27. The van der Waals surface area contributed by atoms with Gasteiger partial charge < -0.3 is 10.2 Å². The summed E-state index contributed by atoms with van der Waals surface area (Å²) in [5.41, 5.74) is 1.18. The molecule has 1 saturated heterocycles. The molecule has 2 aromatic rings. The Morgan fingerprint density at radius 1 is 1.21 bits per heavy atom. The Morgan fingerprint density at radius 3 is 2.66 bits per heavy atom. The van der Waals surface area contributed by atoms with Gasteiger partial charge in [0.2, 0.25) is 11.8 Å². The van der Waals surface area contributed by atoms with Gasteiger partial charge in [-0.25, -0.2) is 8.42 Å². The van der Waals surface area contributed by atoms with Crippen molar-refractivity contribution in [2.24, 2.45) is 0 Å². The average Bonchev–Trinajstić information content (AvgIpc) is 3.08. The van der Waals surface area contributed by atoms with Gasteiger partial charge in [0.05, 0.1) is 15.6 Å². The van der Waals surface area contributed by atoms with Crippen molar-refractivity contribution < 1.29 is 18.0 Å². The molecule has 29 heavy (non-hydrogen) atoms. The number of anilines is 2. The molecule has 0 saturated carbocycles. The molecule has 1 heterocycles. The number of amides is 2. The first-order valence-corrected chi connectivity index (χ1v) is 11.1. The summed E-state index contributed by atoms with van der Waals surface area (Å²) in [6, 6.07) is 11.2. The molecule has 0 atom stereocenters. The first kappa shape index (κ1) is 21.1. The number of carbonyl (C=O) groups is 2. The number of nitrogens with one attached hydrogen (secondary N) is 2. The Hall–Kier alpha value is -2.58. The summed E-state index contributed by atoms with van der Waals surface area (Å²) in [5, 5.41) is 2.99. The van der Waals surface area contributed by atoms with E-state index in [0.29, 0.717) is 30.8 Å². The summed E-state index contributed by atoms with van der Waals surface area (Å²) in [6.07, 6.45) is 1.50. The van der Waals surface area contributed by atoms with Gasteiger partial charge in [0.15, 0.2) is 0 Å². The number of benzene rings is 2. The van der Waals surface area contributed by atoms with Crippen LogP contribution in [0.5, 0.6) is 0 Å². The molecule has 2 N–H and O–H groups in total. The van der Waals surface area contributed by atoms with Gasteiger partial charge in [-0.15, -0.1) is 0 Å². The number of carbonyl (C=O) groups excluding carboxylic acids is 2. The molecule has 3 rings (SSSR count). The number of hydrogen-bond acceptors (Lipinski definition) is 4. The molecule has 0 unspecified atom stereocenters. The lowest BCUT2D eigenvalue weighted by molar-refractivity contribution is -0.128. The zero-order valence-corrected chi connectivity index (χ0v) is 17.5. The quantitative estimate of drug-likeness (QED) is 0.696. The molecule has 0 aliphatic carbocycles. The van der Waals surface area contributed by atoms with E-state index in [1.807, 2.05) is 0 Å². The van der Waals surface area contributed by atoms with Crippen molar-refractivity contribution in [3.05, 3.63) is 53.1 Å². The number of halogens is 1. The van der Waals surface area contributed by atoms with Crippen LogP contribution in [-0.4, -0.2) is 38.2 Å². The fraction of sp³-hybridized carbons (Fsp3) is 0.300. The molecular formula is C20H22ClN3O4S. The lowest BCUT2D eigenvalue weighted by Crippen LogP contribution is -2.28. The smallest absolute Gasteiger partial charge is 0.262 e. The molecule has 0 spiro atoms. The van der Waals surface area contributed by atoms with Gasteiger partial charge in [-0.2, -0.15) is 0 Å². The van der Waals surface area contributed by atoms with Gasteiger partial charge in [0, 0.05) is 31.6 Å². The lowest BCUT2D eigenvalue weighted by Gasteiger charge is -2.16. The summed E-state index contributed by atoms with van der Waals surface area (Å²) < 4.78 is 28.1. The van der Waals surface area contributed by atoms with E-state index < -0.39 is 10.0 Å². The highest BCUT2D eigenvalue weighted by atomic mass is 35.5. The molecule has 1 aliphatic heterocycles. The Morgan fingerprint density at radius 2 is 1.97 bits per heavy atom. The molecule has 9 heteroatoms. The number of sulfonamides is 1. The van der Waals surface area contributed by atoms with Crippen LogP contribution in [0.15, 0.2) is 47.4 Å². The first-order valence-electron chi connectivity index (χ1n) is 9.22. The van der Waals surface area contributed by atoms with Gasteiger partial charge in [0.25, 0.3) is 10.0 Å². The Kier molecular flexibility index (Phi) is 6.44. The summed E-state index contributed by atoms with van der Waals surface area (Å²) in [4.78, 5) is 25.6. The Bertz CT molecular complexity index is 1040. The van der Waals surface area contributed by atoms with Gasteiger partial charge in [-0.3, -0.25) is 14.3 Å². The first-order chi connectivity index (χ1) is 13.8. The molecule has 0 aromatic heterocycles. The van der Waals surface area contributed by atoms with Crippen molar-refractivity contribution in [1.29, 1.82) is 0 Å². The highest BCUT2D eigenvalue weighted by Crippen LogP contribution is 2.27. The number of rotatable bonds is 7. The SMILES string of the molecule is Cc1ccc(NC(=O)CCN2CCCC2=O)cc1S(=O)(=O)Nc1ccccc1Cl. The van der Waals surface area contributed by atoms with E-state index in [2.05, 4.69) is 10.0 Å². The summed E-state index contributed by atoms with van der Waals surface area (Å²) in [6.45, 7) is 2.70. The number of hydrogen-bond donors (Lipinski definition) is 2. The maximum atomic E-state index is 12.8. The van der Waals surface area contributed by atoms with E-state index in [1.165, 1.54) is 6.07 Å². The Labute approximate surface area is 175 Å². The maximum Gasteiger partial charge on any atom is 0.262 e. The van der Waals surface area contributed by atoms with Gasteiger partial charge in [0.1, 0.15) is 0 Å². The zero-order chi connectivity index (χ0) is 21.0. The topological polar surface area (TPSA) is 95.6 Å². The summed E-state index contributed by atoms with van der Waals surface area (Å²) >= 11 is 6.04. The highest BCUT2D eigenvalue weighted by Gasteiger charge is 2.21. The number of aryl methyl sites for hydroxylation is 1. The Balaban J connectivity index is 1.71. The van der Waals surface area contributed by atoms with Crippen molar-refractivity contribution in [2.75, 3.05) is 23.1 Å². The molecule has 1 aliphatic rings. The van der Waals surface area contributed by atoms with Crippen LogP contribution in [0.3, 0.4) is 0 Å². The van der Waals surface area contributed by atoms with Gasteiger partial charge >= 0.3 is 0 Å². The van der Waals surface area contributed by atoms with Crippen LogP contribution in [0.25, 0.3) is 0 Å². The predicted molar refractivity (Wildman–Crippen MR) is 113 cm³/mol. The molecule has 2 amide bonds. The number of likely N-dealkylation sites (tertiary alicyclic amines) is 1. The van der Waals surface area contributed by atoms with Crippen LogP contribution in [0.4, 0.5) is 11.4 Å². The predicted octanol–water partition coefficient (Wildman–Crippen LogP) is 3.40. The number of para-hydroxylation sites is 1. The van der Waals surface area contributed by atoms with E-state index in [9.17, 15) is 18.0 Å². The van der Waals surface area contributed by atoms with E-state index in [4.69, 9.17) is 11.6 Å². The highest BCUT2D eigenvalue weighted by molar-refractivity contribution is 7.92. The van der Waals surface area contributed by atoms with Crippen LogP contribution in [0.2, 0.25) is 5.02 Å². The summed E-state index contributed by atoms with van der Waals surface area (Å²) in [5.74, 6) is -0.219. The minimum Gasteiger partial charge on any atom is -0.342 e. The van der Waals surface area contributed by atoms with Crippen LogP contribution >= 0.6 is 11.6 Å². The van der Waals surface area contributed by atoms with Crippen molar-refractivity contribution in [3.63, 3.8) is 0 Å². The van der Waals surface area contributed by atoms with Gasteiger partial charge in [-0.05, 0) is 43.2 Å². The van der Waals surface area contributed by atoms with Crippen LogP contribution < -0.4 is 10.0 Å². The van der Waals surface area contributed by atoms with Crippen LogP contribution in [-0.2, 0) is 19.6 Å². The van der Waals surface area contributed by atoms with Crippen molar-refractivity contribution in [3.8, 4) is 0 Å². The molecule has 7 nitrogen and oxygen atoms in total.